The molecule has 1 heterocycles. The number of benzene rings is 2. The molecule has 25 heavy (non-hydrogen) atoms. The molecule has 0 saturated carbocycles. The summed E-state index contributed by atoms with van der Waals surface area (Å²) in [6.45, 7) is 3.53. The predicted octanol–water partition coefficient (Wildman–Crippen LogP) is 2.86. The molecule has 0 atom stereocenters. The first kappa shape index (κ1) is 17.0. The number of ether oxygens (including phenoxy) is 1. The number of nitrogens with one attached hydrogen (secondary N) is 2. The molecule has 2 aromatic carbocycles. The van der Waals surface area contributed by atoms with E-state index >= 15 is 0 Å². The lowest BCUT2D eigenvalue weighted by Crippen LogP contribution is -2.20. The third-order valence-corrected chi connectivity index (χ3v) is 4.40. The molecule has 0 unspecified atom stereocenters. The van der Waals surface area contributed by atoms with Crippen LogP contribution >= 0.6 is 11.6 Å². The van der Waals surface area contributed by atoms with Gasteiger partial charge in [-0.3, -0.25) is 19.7 Å². The SMILES string of the molecule is Cc1cc(OCC(=O)Nc2ccc3c(c2)C(=O)NC3=O)cc(C)c1Cl. The van der Waals surface area contributed by atoms with E-state index in [-0.39, 0.29) is 18.1 Å². The van der Waals surface area contributed by atoms with Gasteiger partial charge in [0.1, 0.15) is 5.75 Å². The summed E-state index contributed by atoms with van der Waals surface area (Å²) in [5.41, 5.74) is 2.69. The van der Waals surface area contributed by atoms with Crippen molar-refractivity contribution in [2.24, 2.45) is 0 Å². The Kier molecular flexibility index (Phi) is 4.46. The van der Waals surface area contributed by atoms with Crippen LogP contribution in [-0.4, -0.2) is 24.3 Å². The van der Waals surface area contributed by atoms with E-state index in [2.05, 4.69) is 10.6 Å². The second kappa shape index (κ2) is 6.57. The standard InChI is InChI=1S/C18H15ClN2O4/c1-9-5-12(6-10(2)16(9)19)25-8-15(22)20-11-3-4-13-14(7-11)18(24)21-17(13)23/h3-7H,8H2,1-2H3,(H,20,22)(H,21,23,24). The lowest BCUT2D eigenvalue weighted by atomic mass is 10.1. The number of amides is 3. The highest BCUT2D eigenvalue weighted by Crippen LogP contribution is 2.26. The van der Waals surface area contributed by atoms with Gasteiger partial charge in [-0.25, -0.2) is 0 Å². The quantitative estimate of drug-likeness (QED) is 0.823. The maximum absolute atomic E-state index is 12.0. The second-order valence-electron chi connectivity index (χ2n) is 5.75. The summed E-state index contributed by atoms with van der Waals surface area (Å²) in [6.07, 6.45) is 0. The first-order valence-corrected chi connectivity index (χ1v) is 7.92. The van der Waals surface area contributed by atoms with Gasteiger partial charge < -0.3 is 10.1 Å². The van der Waals surface area contributed by atoms with E-state index in [1.807, 2.05) is 13.8 Å². The van der Waals surface area contributed by atoms with Crippen LogP contribution in [0.1, 0.15) is 31.8 Å². The molecule has 0 aromatic heterocycles. The highest BCUT2D eigenvalue weighted by Gasteiger charge is 2.26. The predicted molar refractivity (Wildman–Crippen MR) is 93.3 cm³/mol. The van der Waals surface area contributed by atoms with Crippen molar-refractivity contribution < 1.29 is 19.1 Å². The van der Waals surface area contributed by atoms with Gasteiger partial charge in [0.15, 0.2) is 6.61 Å². The van der Waals surface area contributed by atoms with Crippen LogP contribution in [0.3, 0.4) is 0 Å². The minimum absolute atomic E-state index is 0.192. The number of halogens is 1. The molecular weight excluding hydrogens is 344 g/mol. The van der Waals surface area contributed by atoms with Gasteiger partial charge in [-0.2, -0.15) is 0 Å². The number of hydrogen-bond acceptors (Lipinski definition) is 4. The Morgan fingerprint density at radius 3 is 2.40 bits per heavy atom. The zero-order valence-electron chi connectivity index (χ0n) is 13.6. The Bertz CT molecular complexity index is 885. The Hall–Kier alpha value is -2.86. The van der Waals surface area contributed by atoms with Gasteiger partial charge in [-0.05, 0) is 55.3 Å². The summed E-state index contributed by atoms with van der Waals surface area (Å²) in [5.74, 6) is -0.738. The Morgan fingerprint density at radius 1 is 1.08 bits per heavy atom. The normalized spacial score (nSPS) is 12.6. The molecule has 0 bridgehead atoms. The van der Waals surface area contributed by atoms with E-state index < -0.39 is 11.8 Å². The first-order valence-electron chi connectivity index (χ1n) is 7.54. The minimum Gasteiger partial charge on any atom is -0.484 e. The number of carbonyl (C=O) groups excluding carboxylic acids is 3. The fourth-order valence-electron chi connectivity index (χ4n) is 2.58. The molecule has 3 rings (SSSR count). The molecule has 2 N–H and O–H groups in total. The summed E-state index contributed by atoms with van der Waals surface area (Å²) in [4.78, 5) is 35.2. The van der Waals surface area contributed by atoms with E-state index in [0.29, 0.717) is 22.0 Å². The zero-order valence-corrected chi connectivity index (χ0v) is 14.4. The van der Waals surface area contributed by atoms with Crippen molar-refractivity contribution in [1.82, 2.24) is 5.32 Å². The van der Waals surface area contributed by atoms with Crippen LogP contribution in [-0.2, 0) is 4.79 Å². The van der Waals surface area contributed by atoms with Crippen molar-refractivity contribution in [1.29, 1.82) is 0 Å². The smallest absolute Gasteiger partial charge is 0.262 e. The molecular formula is C18H15ClN2O4. The van der Waals surface area contributed by atoms with Gasteiger partial charge >= 0.3 is 0 Å². The Balaban J connectivity index is 1.65. The van der Waals surface area contributed by atoms with E-state index in [4.69, 9.17) is 16.3 Å². The molecule has 0 radical (unpaired) electrons. The second-order valence-corrected chi connectivity index (χ2v) is 6.13. The summed E-state index contributed by atoms with van der Waals surface area (Å²) in [7, 11) is 0. The molecule has 0 spiro atoms. The van der Waals surface area contributed by atoms with E-state index in [0.717, 1.165) is 11.1 Å². The number of fused-ring (bicyclic) bond motifs is 1. The van der Waals surface area contributed by atoms with Crippen molar-refractivity contribution in [2.45, 2.75) is 13.8 Å². The van der Waals surface area contributed by atoms with Crippen LogP contribution in [0.2, 0.25) is 5.02 Å². The summed E-state index contributed by atoms with van der Waals surface area (Å²) in [6, 6.07) is 8.04. The third-order valence-electron chi connectivity index (χ3n) is 3.80. The van der Waals surface area contributed by atoms with Gasteiger partial charge in [0, 0.05) is 10.7 Å². The molecule has 0 aliphatic carbocycles. The highest BCUT2D eigenvalue weighted by molar-refractivity contribution is 6.32. The zero-order chi connectivity index (χ0) is 18.1. The Morgan fingerprint density at radius 2 is 1.72 bits per heavy atom. The van der Waals surface area contributed by atoms with Crippen LogP contribution in [0.4, 0.5) is 5.69 Å². The van der Waals surface area contributed by atoms with Gasteiger partial charge in [-0.1, -0.05) is 11.6 Å². The largest absolute Gasteiger partial charge is 0.484 e. The lowest BCUT2D eigenvalue weighted by molar-refractivity contribution is -0.118. The number of imide groups is 1. The van der Waals surface area contributed by atoms with Crippen molar-refractivity contribution in [3.8, 4) is 5.75 Å². The Labute approximate surface area is 149 Å². The van der Waals surface area contributed by atoms with E-state index in [9.17, 15) is 14.4 Å². The summed E-state index contributed by atoms with van der Waals surface area (Å²) in [5, 5.41) is 5.50. The van der Waals surface area contributed by atoms with Crippen LogP contribution in [0.15, 0.2) is 30.3 Å². The molecule has 6 nitrogen and oxygen atoms in total. The molecule has 128 valence electrons. The van der Waals surface area contributed by atoms with E-state index in [1.54, 1.807) is 18.2 Å². The van der Waals surface area contributed by atoms with Crippen LogP contribution in [0.25, 0.3) is 0 Å². The van der Waals surface area contributed by atoms with Gasteiger partial charge in [0.25, 0.3) is 17.7 Å². The van der Waals surface area contributed by atoms with Gasteiger partial charge in [0.05, 0.1) is 11.1 Å². The van der Waals surface area contributed by atoms with Crippen molar-refractivity contribution in [2.75, 3.05) is 11.9 Å². The molecule has 1 aliphatic rings. The number of carbonyl (C=O) groups is 3. The molecule has 3 amide bonds. The molecule has 0 fully saturated rings. The third kappa shape index (κ3) is 3.49. The van der Waals surface area contributed by atoms with Crippen LogP contribution in [0.5, 0.6) is 5.75 Å². The molecule has 0 saturated heterocycles. The van der Waals surface area contributed by atoms with Crippen LogP contribution < -0.4 is 15.4 Å². The maximum atomic E-state index is 12.0. The topological polar surface area (TPSA) is 84.5 Å². The van der Waals surface area contributed by atoms with Gasteiger partial charge in [0.2, 0.25) is 0 Å². The number of aryl methyl sites for hydroxylation is 2. The minimum atomic E-state index is -0.473. The highest BCUT2D eigenvalue weighted by atomic mass is 35.5. The average Bonchev–Trinajstić information content (AvgIpc) is 2.84. The molecule has 2 aromatic rings. The summed E-state index contributed by atoms with van der Waals surface area (Å²) < 4.78 is 5.48. The maximum Gasteiger partial charge on any atom is 0.262 e. The van der Waals surface area contributed by atoms with Gasteiger partial charge in [-0.15, -0.1) is 0 Å². The number of anilines is 1. The summed E-state index contributed by atoms with van der Waals surface area (Å²) >= 11 is 6.10. The fraction of sp³-hybridized carbons (Fsp3) is 0.167. The van der Waals surface area contributed by atoms with Crippen LogP contribution in [0, 0.1) is 13.8 Å². The van der Waals surface area contributed by atoms with Crippen molar-refractivity contribution in [3.63, 3.8) is 0 Å². The number of rotatable bonds is 4. The lowest BCUT2D eigenvalue weighted by Gasteiger charge is -2.10. The molecule has 1 aliphatic heterocycles. The fourth-order valence-corrected chi connectivity index (χ4v) is 2.69. The van der Waals surface area contributed by atoms with Crippen molar-refractivity contribution >= 4 is 35.0 Å². The van der Waals surface area contributed by atoms with E-state index in [1.165, 1.54) is 12.1 Å². The first-order chi connectivity index (χ1) is 11.8. The molecule has 7 heteroatoms. The number of hydrogen-bond donors (Lipinski definition) is 2. The van der Waals surface area contributed by atoms with Crippen molar-refractivity contribution in [3.05, 3.63) is 57.6 Å². The average molecular weight is 359 g/mol. The monoisotopic (exact) mass is 358 g/mol.